The van der Waals surface area contributed by atoms with Crippen molar-refractivity contribution >= 4 is 39.1 Å². The van der Waals surface area contributed by atoms with Crippen LogP contribution in [-0.2, 0) is 4.79 Å². The van der Waals surface area contributed by atoms with Crippen molar-refractivity contribution in [3.8, 4) is 6.07 Å². The fourth-order valence-corrected chi connectivity index (χ4v) is 3.94. The van der Waals surface area contributed by atoms with E-state index in [-0.39, 0.29) is 24.6 Å². The Hall–Kier alpha value is -2.74. The van der Waals surface area contributed by atoms with Crippen LogP contribution < -0.4 is 11.1 Å². The summed E-state index contributed by atoms with van der Waals surface area (Å²) in [7, 11) is 0. The zero-order chi connectivity index (χ0) is 20.1. The number of rotatable bonds is 5. The summed E-state index contributed by atoms with van der Waals surface area (Å²) in [5.74, 6) is -1.43. The normalized spacial score (nSPS) is 22.8. The minimum atomic E-state index is -0.952. The second-order valence-electron chi connectivity index (χ2n) is 7.20. The fourth-order valence-electron chi connectivity index (χ4n) is 3.58. The molecule has 9 nitrogen and oxygen atoms in total. The maximum atomic E-state index is 13.7. The Morgan fingerprint density at radius 1 is 1.46 bits per heavy atom. The molecule has 1 aliphatic carbocycles. The van der Waals surface area contributed by atoms with E-state index >= 15 is 0 Å². The third-order valence-corrected chi connectivity index (χ3v) is 5.74. The Balaban J connectivity index is 1.65. The Morgan fingerprint density at radius 2 is 2.21 bits per heavy atom. The van der Waals surface area contributed by atoms with Crippen molar-refractivity contribution in [2.24, 2.45) is 17.1 Å². The van der Waals surface area contributed by atoms with Crippen molar-refractivity contribution in [1.29, 1.82) is 5.26 Å². The number of halogens is 2. The number of fused-ring (bicyclic) bond motifs is 1. The largest absolute Gasteiger partial charge is 0.376 e. The van der Waals surface area contributed by atoms with E-state index in [1.54, 1.807) is 6.20 Å². The molecule has 28 heavy (non-hydrogen) atoms. The van der Waals surface area contributed by atoms with E-state index in [0.717, 1.165) is 0 Å². The lowest BCUT2D eigenvalue weighted by atomic mass is 10.0. The predicted octanol–water partition coefficient (Wildman–Crippen LogP) is 1.10. The van der Waals surface area contributed by atoms with Crippen molar-refractivity contribution in [2.75, 3.05) is 25.1 Å². The van der Waals surface area contributed by atoms with Crippen LogP contribution in [0.4, 0.5) is 10.1 Å². The summed E-state index contributed by atoms with van der Waals surface area (Å²) in [5, 5.41) is 16.5. The average Bonchev–Trinajstić information content (AvgIpc) is 3.22. The highest BCUT2D eigenvalue weighted by Crippen LogP contribution is 2.47. The number of primary amides is 1. The molecule has 1 saturated carbocycles. The molecule has 11 heteroatoms. The molecule has 0 unspecified atom stereocenters. The van der Waals surface area contributed by atoms with Crippen molar-refractivity contribution in [3.05, 3.63) is 22.6 Å². The Bertz CT molecular complexity index is 1010. The van der Waals surface area contributed by atoms with Crippen LogP contribution in [0, 0.1) is 22.7 Å². The van der Waals surface area contributed by atoms with Crippen LogP contribution in [0.3, 0.4) is 0 Å². The van der Waals surface area contributed by atoms with Gasteiger partial charge in [0.15, 0.2) is 5.65 Å². The first-order valence-corrected chi connectivity index (χ1v) is 9.54. The molecule has 2 aromatic rings. The number of likely N-dealkylation sites (tertiary alicyclic amines) is 1. The molecule has 3 N–H and O–H groups in total. The summed E-state index contributed by atoms with van der Waals surface area (Å²) < 4.78 is 15.7. The monoisotopic (exact) mass is 449 g/mol. The number of carbonyl (C=O) groups excluding carboxylic acids is 2. The van der Waals surface area contributed by atoms with Gasteiger partial charge in [0.05, 0.1) is 42.4 Å². The topological polar surface area (TPSA) is 129 Å². The van der Waals surface area contributed by atoms with E-state index in [4.69, 9.17) is 5.73 Å². The minimum absolute atomic E-state index is 0.128. The molecule has 3 heterocycles. The molecule has 1 aliphatic heterocycles. The predicted molar refractivity (Wildman–Crippen MR) is 99.9 cm³/mol. The van der Waals surface area contributed by atoms with Gasteiger partial charge in [-0.15, -0.1) is 0 Å². The summed E-state index contributed by atoms with van der Waals surface area (Å²) in [4.78, 5) is 30.3. The number of nitriles is 1. The molecule has 2 atom stereocenters. The summed E-state index contributed by atoms with van der Waals surface area (Å²) in [5.41, 5.74) is 5.35. The number of nitrogens with one attached hydrogen (secondary N) is 1. The maximum Gasteiger partial charge on any atom is 0.252 e. The zero-order valence-electron chi connectivity index (χ0n) is 14.7. The molecule has 2 amide bonds. The number of hydrogen-bond donors (Lipinski definition) is 2. The van der Waals surface area contributed by atoms with Crippen molar-refractivity contribution < 1.29 is 14.0 Å². The molecule has 0 bridgehead atoms. The van der Waals surface area contributed by atoms with Crippen molar-refractivity contribution in [3.63, 3.8) is 0 Å². The third-order valence-electron chi connectivity index (χ3n) is 5.36. The number of nitrogens with zero attached hydrogens (tertiary/aromatic N) is 5. The molecule has 0 radical (unpaired) electrons. The van der Waals surface area contributed by atoms with E-state index in [9.17, 15) is 19.2 Å². The molecule has 146 valence electrons. The number of hydrogen-bond acceptors (Lipinski definition) is 6. The van der Waals surface area contributed by atoms with Gasteiger partial charge in [0.25, 0.3) is 5.91 Å². The summed E-state index contributed by atoms with van der Waals surface area (Å²) in [6.07, 6.45) is 4.02. The van der Waals surface area contributed by atoms with Crippen LogP contribution in [0.25, 0.3) is 5.65 Å². The minimum Gasteiger partial charge on any atom is -0.376 e. The Kier molecular flexibility index (Phi) is 4.45. The molecule has 2 aromatic heterocycles. The number of nitrogens with two attached hydrogens (primary N) is 1. The second-order valence-corrected chi connectivity index (χ2v) is 8.01. The van der Waals surface area contributed by atoms with Crippen LogP contribution in [0.15, 0.2) is 17.0 Å². The van der Waals surface area contributed by atoms with Gasteiger partial charge in [-0.1, -0.05) is 0 Å². The summed E-state index contributed by atoms with van der Waals surface area (Å²) >= 11 is 3.26. The van der Waals surface area contributed by atoms with Gasteiger partial charge in [0.1, 0.15) is 10.0 Å². The molecule has 0 aromatic carbocycles. The quantitative estimate of drug-likeness (QED) is 0.702. The average molecular weight is 450 g/mol. The van der Waals surface area contributed by atoms with Crippen molar-refractivity contribution in [2.45, 2.75) is 18.9 Å². The van der Waals surface area contributed by atoms with Crippen LogP contribution in [-0.4, -0.2) is 57.1 Å². The van der Waals surface area contributed by atoms with Crippen LogP contribution >= 0.6 is 15.9 Å². The fraction of sp³-hybridized carbons (Fsp3) is 0.471. The second kappa shape index (κ2) is 6.70. The Morgan fingerprint density at radius 3 is 2.82 bits per heavy atom. The standard InChI is InChI=1S/C17H17BrFN7O2/c18-12-7-26-15(24-12)13(10(4-22-26)14(21)27)23-11-6-25(5-9(11)3-19)16(28)17(8-20)1-2-17/h4,7,9,11,23H,1-3,5-6H2,(H2,21,27)/t9-,11-/m1/s1. The molecule has 0 spiro atoms. The van der Waals surface area contributed by atoms with E-state index in [1.165, 1.54) is 15.6 Å². The van der Waals surface area contributed by atoms with Gasteiger partial charge in [0.2, 0.25) is 5.91 Å². The lowest BCUT2D eigenvalue weighted by Gasteiger charge is -2.21. The third kappa shape index (κ3) is 2.97. The number of carbonyl (C=O) groups is 2. The molecule has 1 saturated heterocycles. The first kappa shape index (κ1) is 18.6. The van der Waals surface area contributed by atoms with Crippen LogP contribution in [0.2, 0.25) is 0 Å². The van der Waals surface area contributed by atoms with Crippen LogP contribution in [0.1, 0.15) is 23.2 Å². The highest BCUT2D eigenvalue weighted by molar-refractivity contribution is 9.10. The number of anilines is 1. The maximum absolute atomic E-state index is 13.7. The Labute approximate surface area is 167 Å². The lowest BCUT2D eigenvalue weighted by Crippen LogP contribution is -2.36. The van der Waals surface area contributed by atoms with E-state index in [0.29, 0.717) is 28.8 Å². The molecule has 2 fully saturated rings. The van der Waals surface area contributed by atoms with E-state index in [1.807, 2.05) is 0 Å². The van der Waals surface area contributed by atoms with Gasteiger partial charge in [-0.25, -0.2) is 9.50 Å². The van der Waals surface area contributed by atoms with Gasteiger partial charge >= 0.3 is 0 Å². The smallest absolute Gasteiger partial charge is 0.252 e. The summed E-state index contributed by atoms with van der Waals surface area (Å²) in [6.45, 7) is -0.209. The first-order valence-electron chi connectivity index (χ1n) is 8.75. The number of aromatic nitrogens is 3. The van der Waals surface area contributed by atoms with Gasteiger partial charge in [0, 0.05) is 19.0 Å². The van der Waals surface area contributed by atoms with Gasteiger partial charge in [-0.2, -0.15) is 10.4 Å². The highest BCUT2D eigenvalue weighted by atomic mass is 79.9. The van der Waals surface area contributed by atoms with Crippen molar-refractivity contribution in [1.82, 2.24) is 19.5 Å². The van der Waals surface area contributed by atoms with Gasteiger partial charge in [-0.3, -0.25) is 14.0 Å². The molecule has 2 aliphatic rings. The molecular formula is C17H17BrFN7O2. The number of amides is 2. The first-order chi connectivity index (χ1) is 13.4. The van der Waals surface area contributed by atoms with E-state index in [2.05, 4.69) is 37.4 Å². The number of alkyl halides is 1. The van der Waals surface area contributed by atoms with Crippen LogP contribution in [0.5, 0.6) is 0 Å². The highest BCUT2D eigenvalue weighted by Gasteiger charge is 2.54. The zero-order valence-corrected chi connectivity index (χ0v) is 16.3. The molecule has 4 rings (SSSR count). The summed E-state index contributed by atoms with van der Waals surface area (Å²) in [6, 6.07) is 1.63. The SMILES string of the molecule is N#CC1(C(=O)N2C[C@@H](CF)[C@H](Nc3c(C(N)=O)cnn4cc(Br)nc34)C2)CC1. The van der Waals surface area contributed by atoms with Gasteiger partial charge < -0.3 is 16.0 Å². The number of imidazole rings is 1. The lowest BCUT2D eigenvalue weighted by molar-refractivity contribution is -0.134. The van der Waals surface area contributed by atoms with E-state index < -0.39 is 30.0 Å². The van der Waals surface area contributed by atoms with Gasteiger partial charge in [-0.05, 0) is 28.8 Å². The molecular weight excluding hydrogens is 433 g/mol.